The molecule has 108 heavy (non-hydrogen) atoms. The Balaban J connectivity index is 0.567. The number of fused-ring (bicyclic) bond motifs is 9. The summed E-state index contributed by atoms with van der Waals surface area (Å²) < 4.78 is 37.3. The molecular formula is C84H94N8O16. The molecule has 566 valence electrons. The van der Waals surface area contributed by atoms with Gasteiger partial charge in [0.25, 0.3) is 11.8 Å². The quantitative estimate of drug-likeness (QED) is 0.0353. The Bertz CT molecular complexity index is 4590. The van der Waals surface area contributed by atoms with Gasteiger partial charge in [0.2, 0.25) is 11.8 Å². The maximum Gasteiger partial charge on any atom is 0.416 e. The van der Waals surface area contributed by atoms with Crippen LogP contribution < -0.4 is 39.2 Å². The number of benzene rings is 6. The van der Waals surface area contributed by atoms with Crippen LogP contribution in [0.25, 0.3) is 22.5 Å². The number of aliphatic hydroxyl groups excluding tert-OH is 1. The Morgan fingerprint density at radius 1 is 0.704 bits per heavy atom. The van der Waals surface area contributed by atoms with Crippen LogP contribution in [0.5, 0.6) is 28.7 Å². The van der Waals surface area contributed by atoms with Crippen LogP contribution in [0.15, 0.2) is 121 Å². The van der Waals surface area contributed by atoms with Crippen molar-refractivity contribution in [2.45, 2.75) is 167 Å². The zero-order valence-corrected chi connectivity index (χ0v) is 62.3. The van der Waals surface area contributed by atoms with Crippen LogP contribution in [0, 0.1) is 17.3 Å². The van der Waals surface area contributed by atoms with E-state index >= 15 is 0 Å². The average molecular weight is 1470 g/mol. The van der Waals surface area contributed by atoms with Crippen molar-refractivity contribution in [2.75, 3.05) is 59.1 Å². The van der Waals surface area contributed by atoms with Gasteiger partial charge in [0.05, 0.1) is 70.1 Å². The third-order valence-corrected chi connectivity index (χ3v) is 22.4. The highest BCUT2D eigenvalue weighted by molar-refractivity contribution is 6.06. The number of anilines is 1. The standard InChI is InChI=1S/C84H94N8O16/c1-8-91-78-61-15-10-9-14-54(61)38-66(62-16-11-12-17-63(62)77(78)87-88-91)70(95)30-26-58(93)27-31-76(97)85-45-59(94)40-64(49(2)3)79(98)86-50(4)71(96)36-51-18-20-52(21-19-51)47-108-83(102)92-68-43-75(73(105-7)42-67(68)81(100)90-48-84(32-33-84)44-69(90)82(92)101)107-35-13-34-106-74-39-55-22-25-57-37-56(53-23-28-60(103-5)29-24-53)46-89(57)80(99)65(55)41-72(74)104-6/h9-12,14-21,23-24,28-29,39,41-43,49-50,56-57,64,66,69,82,101H,8,13,22,25-27,30-38,40,44-48H2,1-7H3,(H,85,97)(H,86,98)/t50-,56?,57+,64-,66?,69-,82?/m0/s1. The van der Waals surface area contributed by atoms with Crippen LogP contribution in [0.1, 0.15) is 164 Å². The Labute approximate surface area is 628 Å². The molecule has 3 N–H and O–H groups in total. The van der Waals surface area contributed by atoms with E-state index in [-0.39, 0.29) is 140 Å². The highest BCUT2D eigenvalue weighted by Crippen LogP contribution is 2.57. The first-order valence-corrected chi connectivity index (χ1v) is 37.6. The van der Waals surface area contributed by atoms with Gasteiger partial charge in [-0.25, -0.2) is 14.4 Å². The number of methoxy groups -OCH3 is 3. The lowest BCUT2D eigenvalue weighted by Crippen LogP contribution is -2.50. The predicted octanol–water partition coefficient (Wildman–Crippen LogP) is 10.9. The number of hydrogen-bond acceptors (Lipinski definition) is 18. The first-order valence-electron chi connectivity index (χ1n) is 37.6. The molecule has 7 atom stereocenters. The van der Waals surface area contributed by atoms with Crippen molar-refractivity contribution >= 4 is 58.5 Å². The summed E-state index contributed by atoms with van der Waals surface area (Å²) in [6, 6.07) is 35.6. The fraction of sp³-hybridized carbons (Fsp3) is 0.440. The van der Waals surface area contributed by atoms with Gasteiger partial charge in [-0.3, -0.25) is 38.4 Å². The molecule has 2 saturated heterocycles. The summed E-state index contributed by atoms with van der Waals surface area (Å²) in [6.07, 6.45) is 2.47. The molecule has 5 heterocycles. The van der Waals surface area contributed by atoms with Gasteiger partial charge in [-0.2, -0.15) is 0 Å². The van der Waals surface area contributed by atoms with Crippen LogP contribution in [0.4, 0.5) is 10.5 Å². The molecule has 24 heteroatoms. The van der Waals surface area contributed by atoms with Crippen LogP contribution in [-0.4, -0.2) is 161 Å². The molecule has 1 saturated carbocycles. The van der Waals surface area contributed by atoms with Crippen LogP contribution in [0.3, 0.4) is 0 Å². The first kappa shape index (κ1) is 75.5. The first-order chi connectivity index (χ1) is 52.1. The van der Waals surface area contributed by atoms with Crippen molar-refractivity contribution in [3.63, 3.8) is 0 Å². The largest absolute Gasteiger partial charge is 0.497 e. The number of carbonyl (C=O) groups excluding carboxylic acids is 9. The number of nitrogens with one attached hydrogen (secondary N) is 2. The van der Waals surface area contributed by atoms with E-state index in [1.807, 2.05) is 83.2 Å². The molecular weight excluding hydrogens is 1380 g/mol. The predicted molar refractivity (Wildman–Crippen MR) is 400 cm³/mol. The van der Waals surface area contributed by atoms with Gasteiger partial charge in [-0.05, 0) is 134 Å². The molecule has 3 fully saturated rings. The lowest BCUT2D eigenvalue weighted by molar-refractivity contribution is -0.133. The zero-order chi connectivity index (χ0) is 76.1. The Morgan fingerprint density at radius 3 is 2.08 bits per heavy atom. The Kier molecular flexibility index (Phi) is 22.9. The molecule has 5 amide bonds. The summed E-state index contributed by atoms with van der Waals surface area (Å²) in [7, 11) is 4.64. The Morgan fingerprint density at radius 2 is 1.38 bits per heavy atom. The number of aromatic nitrogens is 3. The highest BCUT2D eigenvalue weighted by atomic mass is 16.6. The average Bonchev–Trinajstić information content (AvgIpc) is 1.56. The van der Waals surface area contributed by atoms with Crippen molar-refractivity contribution in [3.05, 3.63) is 166 Å². The van der Waals surface area contributed by atoms with Gasteiger partial charge < -0.3 is 54.0 Å². The van der Waals surface area contributed by atoms with Gasteiger partial charge >= 0.3 is 6.09 Å². The Hall–Kier alpha value is -10.8. The van der Waals surface area contributed by atoms with Crippen LogP contribution in [0.2, 0.25) is 0 Å². The minimum atomic E-state index is -1.48. The second-order valence-electron chi connectivity index (χ2n) is 29.8. The number of hydrogen-bond donors (Lipinski definition) is 3. The number of rotatable bonds is 30. The van der Waals surface area contributed by atoms with Crippen LogP contribution >= 0.6 is 0 Å². The second-order valence-corrected chi connectivity index (χ2v) is 29.8. The summed E-state index contributed by atoms with van der Waals surface area (Å²) in [4.78, 5) is 129. The summed E-state index contributed by atoms with van der Waals surface area (Å²) in [5.41, 5.74) is 9.10. The van der Waals surface area contributed by atoms with E-state index in [0.29, 0.717) is 79.2 Å². The fourth-order valence-corrected chi connectivity index (χ4v) is 16.0. The minimum absolute atomic E-state index is 0.0161. The number of ketones is 4. The lowest BCUT2D eigenvalue weighted by Gasteiger charge is -2.31. The smallest absolute Gasteiger partial charge is 0.416 e. The molecule has 6 aliphatic rings. The number of Topliss-reactive ketones (excluding diaryl/α,β-unsaturated/α-hetero) is 4. The van der Waals surface area contributed by atoms with Gasteiger partial charge in [0.1, 0.15) is 29.6 Å². The van der Waals surface area contributed by atoms with Crippen molar-refractivity contribution in [2.24, 2.45) is 17.3 Å². The summed E-state index contributed by atoms with van der Waals surface area (Å²) in [6.45, 7) is 8.56. The fourth-order valence-electron chi connectivity index (χ4n) is 16.0. The maximum absolute atomic E-state index is 14.5. The lowest BCUT2D eigenvalue weighted by atomic mass is 9.79. The van der Waals surface area contributed by atoms with Crippen molar-refractivity contribution in [3.8, 4) is 51.3 Å². The molecule has 0 radical (unpaired) electrons. The van der Waals surface area contributed by atoms with E-state index in [1.54, 1.807) is 70.2 Å². The van der Waals surface area contributed by atoms with E-state index in [1.165, 1.54) is 24.8 Å². The molecule has 1 aromatic heterocycles. The van der Waals surface area contributed by atoms with E-state index in [2.05, 4.69) is 33.1 Å². The van der Waals surface area contributed by atoms with Crippen LogP contribution in [-0.2, 0) is 65.9 Å². The maximum atomic E-state index is 14.5. The van der Waals surface area contributed by atoms with Gasteiger partial charge in [-0.15, -0.1) is 5.10 Å². The summed E-state index contributed by atoms with van der Waals surface area (Å²) >= 11 is 0. The number of aryl methyl sites for hydroxylation is 2. The van der Waals surface area contributed by atoms with Gasteiger partial charge in [-0.1, -0.05) is 104 Å². The summed E-state index contributed by atoms with van der Waals surface area (Å²) in [5, 5.41) is 26.6. The third kappa shape index (κ3) is 16.2. The normalized spacial score (nSPS) is 19.1. The molecule has 6 aromatic carbocycles. The van der Waals surface area contributed by atoms with Crippen molar-refractivity contribution in [1.82, 2.24) is 35.4 Å². The summed E-state index contributed by atoms with van der Waals surface area (Å²) in [5.74, 6) is -1.72. The van der Waals surface area contributed by atoms with Crippen molar-refractivity contribution < 1.29 is 76.7 Å². The van der Waals surface area contributed by atoms with E-state index in [0.717, 1.165) is 69.8 Å². The molecule has 1 spiro atoms. The topological polar surface area (TPSA) is 294 Å². The number of aliphatic hydroxyl groups is 1. The van der Waals surface area contributed by atoms with E-state index < -0.39 is 53.8 Å². The molecule has 3 unspecified atom stereocenters. The molecule has 4 aliphatic heterocycles. The number of ether oxygens (including phenoxy) is 6. The molecule has 24 nitrogen and oxygen atoms in total. The molecule has 2 aliphatic carbocycles. The number of carbonyl (C=O) groups is 9. The molecule has 0 bridgehead atoms. The second kappa shape index (κ2) is 32.8. The van der Waals surface area contributed by atoms with E-state index in [4.69, 9.17) is 28.4 Å². The van der Waals surface area contributed by atoms with Gasteiger partial charge in [0, 0.05) is 111 Å². The highest BCUT2D eigenvalue weighted by Gasteiger charge is 2.58. The van der Waals surface area contributed by atoms with Crippen molar-refractivity contribution in [1.29, 1.82) is 0 Å². The zero-order valence-electron chi connectivity index (χ0n) is 62.3. The monoisotopic (exact) mass is 1470 g/mol. The third-order valence-electron chi connectivity index (χ3n) is 22.4. The molecule has 7 aromatic rings. The number of amides is 5. The minimum Gasteiger partial charge on any atom is -0.497 e. The van der Waals surface area contributed by atoms with E-state index in [9.17, 15) is 48.3 Å². The molecule has 13 rings (SSSR count). The van der Waals surface area contributed by atoms with Gasteiger partial charge in [0.15, 0.2) is 40.8 Å². The SMILES string of the molecule is CCn1nnc2c1-c1ccccc1CC(C(=O)CCC(=O)CCC(=O)NCC(=O)C[C@H](C(=O)N[C@@H](C)C(=O)Cc1ccc(COC(=O)N3c4cc(OCCCOc5cc6c(cc5OC)C(=O)N5CC(c7ccc(OC)cc7)C[C@H]5CC6)c(OC)cc4C(=O)N4CC5(CC5)C[C@H]4C3O)cc1)C(C)C)c1ccccc1-2. The number of nitrogens with zero attached hydrogens (tertiary/aromatic N) is 6.